The van der Waals surface area contributed by atoms with Crippen LogP contribution in [0.4, 0.5) is 5.69 Å². The highest BCUT2D eigenvalue weighted by Gasteiger charge is 2.19. The van der Waals surface area contributed by atoms with Gasteiger partial charge in [0.2, 0.25) is 0 Å². The predicted octanol–water partition coefficient (Wildman–Crippen LogP) is 3.24. The van der Waals surface area contributed by atoms with Gasteiger partial charge in [-0.3, -0.25) is 0 Å². The molecule has 2 aromatic carbocycles. The quantitative estimate of drug-likeness (QED) is 0.876. The highest BCUT2D eigenvalue weighted by molar-refractivity contribution is 5.79. The summed E-state index contributed by atoms with van der Waals surface area (Å²) in [7, 11) is 1.59. The van der Waals surface area contributed by atoms with E-state index < -0.39 is 12.0 Å². The molecule has 0 fully saturated rings. The third-order valence-corrected chi connectivity index (χ3v) is 3.06. The van der Waals surface area contributed by atoms with E-state index in [0.717, 1.165) is 22.6 Å². The third-order valence-electron chi connectivity index (χ3n) is 3.06. The number of aliphatic carboxylic acids is 1. The fourth-order valence-electron chi connectivity index (χ4n) is 1.90. The first-order valence-corrected chi connectivity index (χ1v) is 6.30. The molecule has 0 amide bonds. The number of carboxylic acid groups (broad SMARTS) is 1. The first-order chi connectivity index (χ1) is 9.60. The van der Waals surface area contributed by atoms with Gasteiger partial charge in [-0.25, -0.2) is 4.79 Å². The molecule has 20 heavy (non-hydrogen) atoms. The Kier molecular flexibility index (Phi) is 4.25. The lowest BCUT2D eigenvalue weighted by atomic mass is 10.0. The average Bonchev–Trinajstić information content (AvgIpc) is 2.46. The number of hydrogen-bond donors (Lipinski definition) is 2. The standard InChI is InChI=1S/C16H17NO3/c1-11-3-5-12(6-4-11)15(16(18)19)17-13-7-9-14(20-2)10-8-13/h3-10,15,17H,1-2H3,(H,18,19). The van der Waals surface area contributed by atoms with Crippen molar-refractivity contribution in [2.24, 2.45) is 0 Å². The molecule has 0 spiro atoms. The zero-order chi connectivity index (χ0) is 14.5. The molecule has 0 saturated carbocycles. The average molecular weight is 271 g/mol. The number of hydrogen-bond acceptors (Lipinski definition) is 3. The molecule has 0 radical (unpaired) electrons. The number of aryl methyl sites for hydroxylation is 1. The Morgan fingerprint density at radius 2 is 1.70 bits per heavy atom. The van der Waals surface area contributed by atoms with Crippen LogP contribution in [0.2, 0.25) is 0 Å². The normalized spacial score (nSPS) is 11.7. The van der Waals surface area contributed by atoms with Gasteiger partial charge in [0, 0.05) is 5.69 Å². The van der Waals surface area contributed by atoms with Crippen molar-refractivity contribution < 1.29 is 14.6 Å². The van der Waals surface area contributed by atoms with E-state index in [1.165, 1.54) is 0 Å². The predicted molar refractivity (Wildman–Crippen MR) is 78.2 cm³/mol. The number of carboxylic acids is 1. The molecule has 0 bridgehead atoms. The van der Waals surface area contributed by atoms with Crippen LogP contribution in [0.15, 0.2) is 48.5 Å². The Bertz CT molecular complexity index is 576. The molecule has 2 N–H and O–H groups in total. The summed E-state index contributed by atoms with van der Waals surface area (Å²) in [5.74, 6) is -0.178. The van der Waals surface area contributed by atoms with Gasteiger partial charge in [-0.15, -0.1) is 0 Å². The molecule has 1 unspecified atom stereocenters. The summed E-state index contributed by atoms with van der Waals surface area (Å²) < 4.78 is 5.08. The summed E-state index contributed by atoms with van der Waals surface area (Å²) in [6.07, 6.45) is 0. The number of benzene rings is 2. The van der Waals surface area contributed by atoms with Gasteiger partial charge in [0.1, 0.15) is 5.75 Å². The van der Waals surface area contributed by atoms with Crippen LogP contribution >= 0.6 is 0 Å². The molecule has 4 heteroatoms. The van der Waals surface area contributed by atoms with Gasteiger partial charge in [0.15, 0.2) is 6.04 Å². The monoisotopic (exact) mass is 271 g/mol. The molecule has 4 nitrogen and oxygen atoms in total. The van der Waals surface area contributed by atoms with Crippen molar-refractivity contribution in [2.75, 3.05) is 12.4 Å². The molecule has 0 aromatic heterocycles. The summed E-state index contributed by atoms with van der Waals surface area (Å²) in [5.41, 5.74) is 2.56. The van der Waals surface area contributed by atoms with Gasteiger partial charge >= 0.3 is 5.97 Å². The van der Waals surface area contributed by atoms with Crippen LogP contribution in [0.1, 0.15) is 17.2 Å². The molecule has 0 aliphatic carbocycles. The third kappa shape index (κ3) is 3.29. The van der Waals surface area contributed by atoms with Crippen LogP contribution < -0.4 is 10.1 Å². The molecule has 0 saturated heterocycles. The van der Waals surface area contributed by atoms with Crippen molar-refractivity contribution in [3.05, 3.63) is 59.7 Å². The smallest absolute Gasteiger partial charge is 0.330 e. The van der Waals surface area contributed by atoms with E-state index in [2.05, 4.69) is 5.32 Å². The summed E-state index contributed by atoms with van der Waals surface area (Å²) in [4.78, 5) is 11.4. The number of carbonyl (C=O) groups is 1. The van der Waals surface area contributed by atoms with Crippen molar-refractivity contribution in [1.82, 2.24) is 0 Å². The molecule has 0 aliphatic heterocycles. The number of nitrogens with one attached hydrogen (secondary N) is 1. The van der Waals surface area contributed by atoms with Crippen LogP contribution in [0.5, 0.6) is 5.75 Å². The van der Waals surface area contributed by atoms with Gasteiger partial charge in [-0.1, -0.05) is 29.8 Å². The topological polar surface area (TPSA) is 58.6 Å². The minimum Gasteiger partial charge on any atom is -0.497 e. The van der Waals surface area contributed by atoms with E-state index in [-0.39, 0.29) is 0 Å². The largest absolute Gasteiger partial charge is 0.497 e. The second-order valence-electron chi connectivity index (χ2n) is 4.55. The van der Waals surface area contributed by atoms with Gasteiger partial charge in [-0.2, -0.15) is 0 Å². The lowest BCUT2D eigenvalue weighted by molar-refractivity contribution is -0.138. The minimum absolute atomic E-state index is 0.721. The minimum atomic E-state index is -0.912. The molecule has 0 aliphatic rings. The maximum atomic E-state index is 11.4. The Morgan fingerprint density at radius 1 is 1.10 bits per heavy atom. The van der Waals surface area contributed by atoms with Gasteiger partial charge in [0.05, 0.1) is 7.11 Å². The van der Waals surface area contributed by atoms with Crippen molar-refractivity contribution in [2.45, 2.75) is 13.0 Å². The van der Waals surface area contributed by atoms with E-state index >= 15 is 0 Å². The second-order valence-corrected chi connectivity index (χ2v) is 4.55. The summed E-state index contributed by atoms with van der Waals surface area (Å²) >= 11 is 0. The Labute approximate surface area is 118 Å². The Morgan fingerprint density at radius 3 is 2.20 bits per heavy atom. The SMILES string of the molecule is COc1ccc(NC(C(=O)O)c2ccc(C)cc2)cc1. The van der Waals surface area contributed by atoms with Crippen molar-refractivity contribution in [3.63, 3.8) is 0 Å². The molecule has 2 aromatic rings. The molecule has 2 rings (SSSR count). The van der Waals surface area contributed by atoms with Crippen LogP contribution in [-0.2, 0) is 4.79 Å². The number of anilines is 1. The van der Waals surface area contributed by atoms with Crippen LogP contribution in [0.25, 0.3) is 0 Å². The molecule has 0 heterocycles. The fraction of sp³-hybridized carbons (Fsp3) is 0.188. The van der Waals surface area contributed by atoms with Crippen LogP contribution in [-0.4, -0.2) is 18.2 Å². The van der Waals surface area contributed by atoms with Crippen LogP contribution in [0.3, 0.4) is 0 Å². The Balaban J connectivity index is 2.20. The maximum absolute atomic E-state index is 11.4. The lowest BCUT2D eigenvalue weighted by Gasteiger charge is -2.16. The highest BCUT2D eigenvalue weighted by atomic mass is 16.5. The summed E-state index contributed by atoms with van der Waals surface area (Å²) in [5, 5.41) is 12.4. The number of methoxy groups -OCH3 is 1. The van der Waals surface area contributed by atoms with Crippen molar-refractivity contribution in [1.29, 1.82) is 0 Å². The van der Waals surface area contributed by atoms with Gasteiger partial charge in [-0.05, 0) is 36.8 Å². The molecular formula is C16H17NO3. The highest BCUT2D eigenvalue weighted by Crippen LogP contribution is 2.22. The van der Waals surface area contributed by atoms with Crippen molar-refractivity contribution >= 4 is 11.7 Å². The zero-order valence-corrected chi connectivity index (χ0v) is 11.5. The van der Waals surface area contributed by atoms with Gasteiger partial charge in [0.25, 0.3) is 0 Å². The Hall–Kier alpha value is -2.49. The second kappa shape index (κ2) is 6.10. The van der Waals surface area contributed by atoms with Crippen molar-refractivity contribution in [3.8, 4) is 5.75 Å². The summed E-state index contributed by atoms with van der Waals surface area (Å²) in [6, 6.07) is 13.8. The molecule has 104 valence electrons. The number of rotatable bonds is 5. The fourth-order valence-corrected chi connectivity index (χ4v) is 1.90. The van der Waals surface area contributed by atoms with E-state index in [0.29, 0.717) is 0 Å². The zero-order valence-electron chi connectivity index (χ0n) is 11.5. The molecular weight excluding hydrogens is 254 g/mol. The van der Waals surface area contributed by atoms with Gasteiger partial charge < -0.3 is 15.2 Å². The first kappa shape index (κ1) is 13.9. The van der Waals surface area contributed by atoms with E-state index in [1.54, 1.807) is 31.4 Å². The summed E-state index contributed by atoms with van der Waals surface area (Å²) in [6.45, 7) is 1.97. The van der Waals surface area contributed by atoms with E-state index in [4.69, 9.17) is 4.74 Å². The maximum Gasteiger partial charge on any atom is 0.330 e. The first-order valence-electron chi connectivity index (χ1n) is 6.30. The van der Waals surface area contributed by atoms with E-state index in [1.807, 2.05) is 31.2 Å². The van der Waals surface area contributed by atoms with E-state index in [9.17, 15) is 9.90 Å². The molecule has 1 atom stereocenters. The van der Waals surface area contributed by atoms with Crippen LogP contribution in [0, 0.1) is 6.92 Å². The lowest BCUT2D eigenvalue weighted by Crippen LogP contribution is -2.20. The number of ether oxygens (including phenoxy) is 1.